The van der Waals surface area contributed by atoms with Crippen molar-refractivity contribution in [1.82, 2.24) is 14.8 Å². The van der Waals surface area contributed by atoms with Gasteiger partial charge in [-0.2, -0.15) is 0 Å². The molecule has 1 aliphatic heterocycles. The van der Waals surface area contributed by atoms with Gasteiger partial charge in [0, 0.05) is 28.8 Å². The Bertz CT molecular complexity index is 569. The number of anilines is 1. The van der Waals surface area contributed by atoms with Crippen LogP contribution in [0, 0.1) is 0 Å². The van der Waals surface area contributed by atoms with Gasteiger partial charge in [-0.3, -0.25) is 0 Å². The largest absolute Gasteiger partial charge is 0.392 e. The summed E-state index contributed by atoms with van der Waals surface area (Å²) in [5.74, 6) is 0.963. The zero-order chi connectivity index (χ0) is 12.5. The summed E-state index contributed by atoms with van der Waals surface area (Å²) in [4.78, 5) is 2.22. The Hall–Kier alpha value is -1.40. The Morgan fingerprint density at radius 3 is 3.06 bits per heavy atom. The summed E-state index contributed by atoms with van der Waals surface area (Å²) in [5, 5.41) is 17.4. The number of halogens is 1. The highest BCUT2D eigenvalue weighted by molar-refractivity contribution is 9.10. The topological polar surface area (TPSA) is 54.2 Å². The molecule has 0 saturated carbocycles. The Morgan fingerprint density at radius 2 is 2.22 bits per heavy atom. The van der Waals surface area contributed by atoms with Crippen molar-refractivity contribution in [2.45, 2.75) is 19.7 Å². The molecule has 1 N–H and O–H groups in total. The molecule has 94 valence electrons. The summed E-state index contributed by atoms with van der Waals surface area (Å²) in [5.41, 5.74) is 1.99. The van der Waals surface area contributed by atoms with Crippen molar-refractivity contribution in [1.29, 1.82) is 0 Å². The van der Waals surface area contributed by atoms with Gasteiger partial charge in [-0.25, -0.2) is 0 Å². The first-order valence-electron chi connectivity index (χ1n) is 5.79. The van der Waals surface area contributed by atoms with Crippen molar-refractivity contribution >= 4 is 21.6 Å². The van der Waals surface area contributed by atoms with Gasteiger partial charge in [-0.1, -0.05) is 22.0 Å². The zero-order valence-electron chi connectivity index (χ0n) is 9.75. The summed E-state index contributed by atoms with van der Waals surface area (Å²) in [6, 6.07) is 5.93. The summed E-state index contributed by atoms with van der Waals surface area (Å²) >= 11 is 3.47. The van der Waals surface area contributed by atoms with Crippen LogP contribution >= 0.6 is 15.9 Å². The average Bonchev–Trinajstić information content (AvgIpc) is 2.85. The first kappa shape index (κ1) is 11.7. The zero-order valence-corrected chi connectivity index (χ0v) is 11.3. The molecule has 5 nitrogen and oxygen atoms in total. The lowest BCUT2D eigenvalue weighted by molar-refractivity contribution is 0.282. The molecule has 6 heteroatoms. The molecule has 0 fully saturated rings. The Morgan fingerprint density at radius 1 is 1.33 bits per heavy atom. The minimum Gasteiger partial charge on any atom is -0.392 e. The summed E-state index contributed by atoms with van der Waals surface area (Å²) in [7, 11) is 0. The Balaban J connectivity index is 1.94. The Kier molecular flexibility index (Phi) is 3.05. The molecule has 18 heavy (non-hydrogen) atoms. The highest BCUT2D eigenvalue weighted by Crippen LogP contribution is 2.27. The van der Waals surface area contributed by atoms with Crippen LogP contribution in [-0.2, 0) is 19.7 Å². The van der Waals surface area contributed by atoms with E-state index in [2.05, 4.69) is 35.6 Å². The number of benzene rings is 1. The minimum absolute atomic E-state index is 0.0474. The maximum Gasteiger partial charge on any atom is 0.152 e. The monoisotopic (exact) mass is 308 g/mol. The fourth-order valence-corrected chi connectivity index (χ4v) is 2.59. The van der Waals surface area contributed by atoms with Crippen LogP contribution in [0.5, 0.6) is 0 Å². The molecular weight excluding hydrogens is 296 g/mol. The van der Waals surface area contributed by atoms with E-state index < -0.39 is 0 Å². The van der Waals surface area contributed by atoms with Crippen molar-refractivity contribution in [2.24, 2.45) is 0 Å². The standard InChI is InChI=1S/C12H13BrN4O/c13-10-2-1-9(7-18)11(5-10)16-3-4-17-8-14-15-12(17)6-16/h1-2,5,8,18H,3-4,6-7H2. The number of hydrogen-bond donors (Lipinski definition) is 1. The molecule has 2 aromatic rings. The fraction of sp³-hybridized carbons (Fsp3) is 0.333. The smallest absolute Gasteiger partial charge is 0.152 e. The number of aromatic nitrogens is 3. The number of fused-ring (bicyclic) bond motifs is 1. The summed E-state index contributed by atoms with van der Waals surface area (Å²) in [6.45, 7) is 2.55. The average molecular weight is 309 g/mol. The van der Waals surface area contributed by atoms with Gasteiger partial charge in [0.05, 0.1) is 13.2 Å². The quantitative estimate of drug-likeness (QED) is 0.914. The minimum atomic E-state index is 0.0474. The van der Waals surface area contributed by atoms with Crippen molar-refractivity contribution in [2.75, 3.05) is 11.4 Å². The highest BCUT2D eigenvalue weighted by atomic mass is 79.9. The van der Waals surface area contributed by atoms with Gasteiger partial charge in [0.1, 0.15) is 6.33 Å². The molecule has 0 amide bonds. The maximum atomic E-state index is 9.42. The molecule has 1 aromatic heterocycles. The molecule has 1 aliphatic rings. The lowest BCUT2D eigenvalue weighted by Crippen LogP contribution is -2.34. The van der Waals surface area contributed by atoms with Crippen LogP contribution in [0.15, 0.2) is 29.0 Å². The third-order valence-electron chi connectivity index (χ3n) is 3.20. The van der Waals surface area contributed by atoms with Crippen LogP contribution in [0.3, 0.4) is 0 Å². The lowest BCUT2D eigenvalue weighted by Gasteiger charge is -2.30. The summed E-state index contributed by atoms with van der Waals surface area (Å²) in [6.07, 6.45) is 1.76. The van der Waals surface area contributed by atoms with Gasteiger partial charge in [0.2, 0.25) is 0 Å². The van der Waals surface area contributed by atoms with E-state index in [0.29, 0.717) is 0 Å². The normalized spacial score (nSPS) is 14.7. The van der Waals surface area contributed by atoms with Gasteiger partial charge in [-0.15, -0.1) is 10.2 Å². The Labute approximate surface area is 113 Å². The van der Waals surface area contributed by atoms with Crippen LogP contribution in [0.2, 0.25) is 0 Å². The summed E-state index contributed by atoms with van der Waals surface area (Å²) < 4.78 is 3.08. The van der Waals surface area contributed by atoms with Gasteiger partial charge in [-0.05, 0) is 12.1 Å². The SMILES string of the molecule is OCc1ccc(Br)cc1N1CCn2cnnc2C1. The molecule has 0 aliphatic carbocycles. The van der Waals surface area contributed by atoms with Crippen LogP contribution in [0.25, 0.3) is 0 Å². The third-order valence-corrected chi connectivity index (χ3v) is 3.69. The molecule has 0 spiro atoms. The lowest BCUT2D eigenvalue weighted by atomic mass is 10.1. The number of rotatable bonds is 2. The van der Waals surface area contributed by atoms with Crippen LogP contribution in [0.4, 0.5) is 5.69 Å². The van der Waals surface area contributed by atoms with E-state index in [1.165, 1.54) is 0 Å². The van der Waals surface area contributed by atoms with E-state index in [9.17, 15) is 5.11 Å². The molecule has 0 atom stereocenters. The van der Waals surface area contributed by atoms with Crippen molar-refractivity contribution in [3.05, 3.63) is 40.4 Å². The second-order valence-corrected chi connectivity index (χ2v) is 5.21. The molecule has 1 aromatic carbocycles. The highest BCUT2D eigenvalue weighted by Gasteiger charge is 2.19. The first-order valence-corrected chi connectivity index (χ1v) is 6.58. The van der Waals surface area contributed by atoms with E-state index in [1.807, 2.05) is 18.2 Å². The predicted molar refractivity (Wildman–Crippen MR) is 71.1 cm³/mol. The van der Waals surface area contributed by atoms with Gasteiger partial charge < -0.3 is 14.6 Å². The maximum absolute atomic E-state index is 9.42. The molecule has 3 rings (SSSR count). The molecule has 0 radical (unpaired) electrons. The molecule has 2 heterocycles. The fourth-order valence-electron chi connectivity index (χ4n) is 2.24. The van der Waals surface area contributed by atoms with E-state index in [4.69, 9.17) is 0 Å². The van der Waals surface area contributed by atoms with Gasteiger partial charge in [0.25, 0.3) is 0 Å². The second kappa shape index (κ2) is 4.70. The predicted octanol–water partition coefficient (Wildman–Crippen LogP) is 1.55. The molecule has 0 saturated heterocycles. The molecular formula is C12H13BrN4O. The number of aliphatic hydroxyl groups is 1. The van der Waals surface area contributed by atoms with E-state index in [1.54, 1.807) is 6.33 Å². The molecule has 0 bridgehead atoms. The third kappa shape index (κ3) is 2.02. The van der Waals surface area contributed by atoms with Gasteiger partial charge >= 0.3 is 0 Å². The van der Waals surface area contributed by atoms with Crippen molar-refractivity contribution in [3.8, 4) is 0 Å². The van der Waals surface area contributed by atoms with Crippen LogP contribution < -0.4 is 4.90 Å². The first-order chi connectivity index (χ1) is 8.78. The van der Waals surface area contributed by atoms with Crippen molar-refractivity contribution < 1.29 is 5.11 Å². The van der Waals surface area contributed by atoms with E-state index >= 15 is 0 Å². The van der Waals surface area contributed by atoms with Crippen molar-refractivity contribution in [3.63, 3.8) is 0 Å². The second-order valence-electron chi connectivity index (χ2n) is 4.29. The molecule has 0 unspecified atom stereocenters. The number of hydrogen-bond acceptors (Lipinski definition) is 4. The number of aliphatic hydroxyl groups excluding tert-OH is 1. The number of nitrogens with zero attached hydrogens (tertiary/aromatic N) is 4. The van der Waals surface area contributed by atoms with Crippen LogP contribution in [0.1, 0.15) is 11.4 Å². The van der Waals surface area contributed by atoms with Crippen LogP contribution in [-0.4, -0.2) is 26.4 Å². The van der Waals surface area contributed by atoms with E-state index in [-0.39, 0.29) is 6.61 Å². The van der Waals surface area contributed by atoms with Gasteiger partial charge in [0.15, 0.2) is 5.82 Å². The van der Waals surface area contributed by atoms with E-state index in [0.717, 1.165) is 41.2 Å².